The predicted octanol–water partition coefficient (Wildman–Crippen LogP) is 1.27. The Bertz CT molecular complexity index is 262. The molecule has 1 unspecified atom stereocenters. The van der Waals surface area contributed by atoms with E-state index < -0.39 is 11.0 Å². The number of anilines is 1. The van der Waals surface area contributed by atoms with Crippen LogP contribution < -0.4 is 4.72 Å². The smallest absolute Gasteiger partial charge is 0.147 e. The van der Waals surface area contributed by atoms with Gasteiger partial charge in [0.1, 0.15) is 16.8 Å². The van der Waals surface area contributed by atoms with E-state index in [2.05, 4.69) is 30.8 Å². The van der Waals surface area contributed by atoms with Crippen LogP contribution in [0.15, 0.2) is 10.7 Å². The molecule has 0 radical (unpaired) electrons. The van der Waals surface area contributed by atoms with Crippen molar-refractivity contribution in [1.29, 1.82) is 0 Å². The van der Waals surface area contributed by atoms with Gasteiger partial charge in [-0.1, -0.05) is 6.92 Å². The van der Waals surface area contributed by atoms with Gasteiger partial charge in [0.15, 0.2) is 0 Å². The van der Waals surface area contributed by atoms with Crippen LogP contribution in [-0.4, -0.2) is 20.2 Å². The molecule has 62 valence electrons. The third-order valence-electron chi connectivity index (χ3n) is 1.07. The number of aromatic nitrogens is 2. The van der Waals surface area contributed by atoms with Crippen molar-refractivity contribution in [3.05, 3.63) is 10.7 Å². The molecule has 0 aliphatic carbocycles. The first kappa shape index (κ1) is 8.73. The lowest BCUT2D eigenvalue weighted by atomic mass is 10.7. The lowest BCUT2D eigenvalue weighted by Gasteiger charge is -1.99. The molecule has 0 bridgehead atoms. The topological polar surface area (TPSA) is 57.8 Å². The van der Waals surface area contributed by atoms with Gasteiger partial charge in [-0.15, -0.1) is 0 Å². The number of hydrogen-bond donors (Lipinski definition) is 2. The molecule has 2 N–H and O–H groups in total. The maximum absolute atomic E-state index is 11.0. The summed E-state index contributed by atoms with van der Waals surface area (Å²) in [6, 6.07) is 0. The Morgan fingerprint density at radius 2 is 2.64 bits per heavy atom. The first-order valence-corrected chi connectivity index (χ1v) is 5.19. The van der Waals surface area contributed by atoms with Gasteiger partial charge in [0.05, 0.1) is 10.7 Å². The van der Waals surface area contributed by atoms with Crippen LogP contribution in [0.5, 0.6) is 0 Å². The van der Waals surface area contributed by atoms with Crippen molar-refractivity contribution in [2.24, 2.45) is 0 Å². The molecule has 1 heterocycles. The molecule has 1 atom stereocenters. The highest BCUT2D eigenvalue weighted by Gasteiger charge is 2.02. The van der Waals surface area contributed by atoms with E-state index in [0.717, 1.165) is 4.47 Å². The van der Waals surface area contributed by atoms with E-state index in [4.69, 9.17) is 0 Å². The van der Waals surface area contributed by atoms with Crippen molar-refractivity contribution in [1.82, 2.24) is 10.2 Å². The van der Waals surface area contributed by atoms with Gasteiger partial charge in [-0.2, -0.15) is 5.10 Å². The van der Waals surface area contributed by atoms with E-state index in [1.165, 1.54) is 0 Å². The van der Waals surface area contributed by atoms with Crippen molar-refractivity contribution >= 4 is 32.7 Å². The summed E-state index contributed by atoms with van der Waals surface area (Å²) in [5.74, 6) is 1.23. The zero-order chi connectivity index (χ0) is 8.27. The van der Waals surface area contributed by atoms with Gasteiger partial charge in [0.2, 0.25) is 0 Å². The molecule has 0 amide bonds. The van der Waals surface area contributed by atoms with Crippen LogP contribution in [0, 0.1) is 0 Å². The Morgan fingerprint density at radius 1 is 1.91 bits per heavy atom. The van der Waals surface area contributed by atoms with Crippen LogP contribution in [0.1, 0.15) is 6.92 Å². The molecule has 0 fully saturated rings. The maximum Gasteiger partial charge on any atom is 0.147 e. The standard InChI is InChI=1S/C5H8BrN3OS/c1-2-11(10)9-5-4(6)3-7-8-5/h3H,2H2,1H3,(H2,7,8,9). The van der Waals surface area contributed by atoms with Crippen LogP contribution in [0.3, 0.4) is 0 Å². The molecule has 0 aromatic carbocycles. The fraction of sp³-hybridized carbons (Fsp3) is 0.400. The molecule has 1 rings (SSSR count). The Balaban J connectivity index is 2.64. The summed E-state index contributed by atoms with van der Waals surface area (Å²) in [6.45, 7) is 1.84. The highest BCUT2D eigenvalue weighted by Crippen LogP contribution is 2.17. The van der Waals surface area contributed by atoms with Gasteiger partial charge in [-0.25, -0.2) is 4.21 Å². The van der Waals surface area contributed by atoms with Crippen LogP contribution in [0.4, 0.5) is 5.82 Å². The summed E-state index contributed by atoms with van der Waals surface area (Å²) < 4.78 is 14.5. The summed E-state index contributed by atoms with van der Waals surface area (Å²) >= 11 is 3.23. The predicted molar refractivity (Wildman–Crippen MR) is 48.6 cm³/mol. The number of aromatic amines is 1. The van der Waals surface area contributed by atoms with Gasteiger partial charge in [-0.3, -0.25) is 9.82 Å². The number of rotatable bonds is 3. The fourth-order valence-electron chi connectivity index (χ4n) is 0.529. The zero-order valence-corrected chi connectivity index (χ0v) is 8.33. The Morgan fingerprint density at radius 3 is 3.09 bits per heavy atom. The van der Waals surface area contributed by atoms with Crippen molar-refractivity contribution in [3.8, 4) is 0 Å². The third kappa shape index (κ3) is 2.30. The number of halogens is 1. The highest BCUT2D eigenvalue weighted by molar-refractivity contribution is 9.10. The summed E-state index contributed by atoms with van der Waals surface area (Å²) in [5, 5.41) is 6.41. The largest absolute Gasteiger partial charge is 0.289 e. The van der Waals surface area contributed by atoms with E-state index in [1.54, 1.807) is 6.20 Å². The maximum atomic E-state index is 11.0. The van der Waals surface area contributed by atoms with E-state index in [-0.39, 0.29) is 0 Å². The molecule has 0 saturated carbocycles. The van der Waals surface area contributed by atoms with Crippen molar-refractivity contribution in [2.45, 2.75) is 6.92 Å². The lowest BCUT2D eigenvalue weighted by Crippen LogP contribution is -2.06. The monoisotopic (exact) mass is 237 g/mol. The summed E-state index contributed by atoms with van der Waals surface area (Å²) in [7, 11) is -1.02. The van der Waals surface area contributed by atoms with Gasteiger partial charge in [0.25, 0.3) is 0 Å². The molecule has 1 aromatic rings. The third-order valence-corrected chi connectivity index (χ3v) is 2.63. The molecule has 1 aromatic heterocycles. The zero-order valence-electron chi connectivity index (χ0n) is 5.93. The second kappa shape index (κ2) is 3.87. The van der Waals surface area contributed by atoms with Gasteiger partial charge >= 0.3 is 0 Å². The van der Waals surface area contributed by atoms with Crippen LogP contribution in [0.2, 0.25) is 0 Å². The molecular formula is C5H8BrN3OS. The first-order chi connectivity index (χ1) is 5.24. The van der Waals surface area contributed by atoms with Gasteiger partial charge in [0, 0.05) is 5.75 Å². The second-order valence-corrected chi connectivity index (χ2v) is 4.16. The average molecular weight is 238 g/mol. The average Bonchev–Trinajstić information content (AvgIpc) is 2.37. The molecular weight excluding hydrogens is 230 g/mol. The molecule has 6 heteroatoms. The van der Waals surface area contributed by atoms with Gasteiger partial charge in [-0.05, 0) is 15.9 Å². The van der Waals surface area contributed by atoms with Crippen molar-refractivity contribution in [3.63, 3.8) is 0 Å². The highest BCUT2D eigenvalue weighted by atomic mass is 79.9. The molecule has 0 spiro atoms. The molecule has 0 aliphatic heterocycles. The molecule has 11 heavy (non-hydrogen) atoms. The summed E-state index contributed by atoms with van der Waals surface area (Å²) in [4.78, 5) is 0. The Labute approximate surface area is 75.5 Å². The first-order valence-electron chi connectivity index (χ1n) is 3.08. The minimum Gasteiger partial charge on any atom is -0.289 e. The lowest BCUT2D eigenvalue weighted by molar-refractivity contribution is 0.687. The molecule has 0 saturated heterocycles. The Kier molecular flexibility index (Phi) is 3.07. The quantitative estimate of drug-likeness (QED) is 0.832. The van der Waals surface area contributed by atoms with Crippen LogP contribution >= 0.6 is 15.9 Å². The molecule has 0 aliphatic rings. The van der Waals surface area contributed by atoms with Crippen LogP contribution in [0.25, 0.3) is 0 Å². The second-order valence-electron chi connectivity index (χ2n) is 1.83. The summed E-state index contributed by atoms with van der Waals surface area (Å²) in [6.07, 6.45) is 1.61. The number of nitrogens with zero attached hydrogens (tertiary/aromatic N) is 1. The van der Waals surface area contributed by atoms with E-state index >= 15 is 0 Å². The van der Waals surface area contributed by atoms with Crippen molar-refractivity contribution < 1.29 is 4.21 Å². The summed E-state index contributed by atoms with van der Waals surface area (Å²) in [5.41, 5.74) is 0. The van der Waals surface area contributed by atoms with E-state index in [1.807, 2.05) is 6.92 Å². The van der Waals surface area contributed by atoms with Crippen molar-refractivity contribution in [2.75, 3.05) is 10.5 Å². The van der Waals surface area contributed by atoms with Gasteiger partial charge < -0.3 is 0 Å². The minimum atomic E-state index is -1.02. The van der Waals surface area contributed by atoms with E-state index in [9.17, 15) is 4.21 Å². The number of hydrogen-bond acceptors (Lipinski definition) is 2. The van der Waals surface area contributed by atoms with Crippen LogP contribution in [-0.2, 0) is 11.0 Å². The number of H-pyrrole nitrogens is 1. The normalized spacial score (nSPS) is 12.9. The molecule has 4 nitrogen and oxygen atoms in total. The Hall–Kier alpha value is -0.360. The number of nitrogens with one attached hydrogen (secondary N) is 2. The minimum absolute atomic E-state index is 0.575. The van der Waals surface area contributed by atoms with E-state index in [0.29, 0.717) is 11.6 Å². The fourth-order valence-corrected chi connectivity index (χ4v) is 1.48. The SMILES string of the molecule is CCS(=O)Nc1[nH]ncc1Br.